The fourth-order valence-electron chi connectivity index (χ4n) is 2.04. The van der Waals surface area contributed by atoms with Crippen molar-refractivity contribution in [2.75, 3.05) is 13.1 Å². The first-order chi connectivity index (χ1) is 10.1. The minimum Gasteiger partial charge on any atom is -0.480 e. The lowest BCUT2D eigenvalue weighted by atomic mass is 10.3. The van der Waals surface area contributed by atoms with E-state index in [2.05, 4.69) is 31.5 Å². The van der Waals surface area contributed by atoms with Crippen LogP contribution in [0.4, 0.5) is 0 Å². The number of para-hydroxylation sites is 1. The standard InChI is InChI=1S/C13H16BrN5O2/c1-2-7-18(9-13(20)21)8-12-15-16-17-19(12)11-6-4-3-5-10(11)14/h3-6H,2,7-9H2,1H3,(H,20,21). The molecule has 21 heavy (non-hydrogen) atoms. The zero-order valence-corrected chi connectivity index (χ0v) is 13.2. The van der Waals surface area contributed by atoms with Crippen molar-refractivity contribution in [3.8, 4) is 5.69 Å². The minimum atomic E-state index is -0.858. The van der Waals surface area contributed by atoms with Gasteiger partial charge in [0.2, 0.25) is 0 Å². The Kier molecular flexibility index (Phi) is 5.40. The first-order valence-corrected chi connectivity index (χ1v) is 7.37. The molecular weight excluding hydrogens is 338 g/mol. The van der Waals surface area contributed by atoms with E-state index in [0.717, 1.165) is 16.6 Å². The van der Waals surface area contributed by atoms with Crippen LogP contribution in [0, 0.1) is 0 Å². The van der Waals surface area contributed by atoms with E-state index in [1.165, 1.54) is 0 Å². The summed E-state index contributed by atoms with van der Waals surface area (Å²) in [5.74, 6) is -0.250. The molecule has 7 nitrogen and oxygen atoms in total. The van der Waals surface area contributed by atoms with Crippen molar-refractivity contribution >= 4 is 21.9 Å². The van der Waals surface area contributed by atoms with Crippen LogP contribution in [0.3, 0.4) is 0 Å². The van der Waals surface area contributed by atoms with E-state index in [1.807, 2.05) is 31.2 Å². The molecular formula is C13H16BrN5O2. The van der Waals surface area contributed by atoms with Crippen molar-refractivity contribution in [3.05, 3.63) is 34.6 Å². The minimum absolute atomic E-state index is 0.0311. The molecule has 0 aliphatic rings. The molecule has 0 amide bonds. The van der Waals surface area contributed by atoms with Gasteiger partial charge in [-0.3, -0.25) is 9.69 Å². The van der Waals surface area contributed by atoms with Gasteiger partial charge in [0.05, 0.1) is 18.8 Å². The molecule has 0 aliphatic carbocycles. The van der Waals surface area contributed by atoms with Crippen LogP contribution in [0.15, 0.2) is 28.7 Å². The maximum absolute atomic E-state index is 10.9. The van der Waals surface area contributed by atoms with Gasteiger partial charge in [-0.25, -0.2) is 0 Å². The lowest BCUT2D eigenvalue weighted by Crippen LogP contribution is -2.31. The molecule has 0 unspecified atom stereocenters. The molecule has 2 aromatic rings. The van der Waals surface area contributed by atoms with Gasteiger partial charge in [-0.1, -0.05) is 19.1 Å². The zero-order chi connectivity index (χ0) is 15.2. The third-order valence-electron chi connectivity index (χ3n) is 2.88. The highest BCUT2D eigenvalue weighted by Gasteiger charge is 2.16. The summed E-state index contributed by atoms with van der Waals surface area (Å²) in [6.45, 7) is 3.03. The number of hydrogen-bond acceptors (Lipinski definition) is 5. The number of rotatable bonds is 7. The average molecular weight is 354 g/mol. The second kappa shape index (κ2) is 7.28. The molecule has 1 aromatic carbocycles. The number of carboxylic acids is 1. The predicted molar refractivity (Wildman–Crippen MR) is 80.1 cm³/mol. The van der Waals surface area contributed by atoms with Gasteiger partial charge in [0.15, 0.2) is 5.82 Å². The Morgan fingerprint density at radius 1 is 1.43 bits per heavy atom. The fourth-order valence-corrected chi connectivity index (χ4v) is 2.49. The van der Waals surface area contributed by atoms with E-state index in [4.69, 9.17) is 5.11 Å². The SMILES string of the molecule is CCCN(CC(=O)O)Cc1nnnn1-c1ccccc1Br. The molecule has 0 atom stereocenters. The van der Waals surface area contributed by atoms with Crippen molar-refractivity contribution in [2.24, 2.45) is 0 Å². The first kappa shape index (κ1) is 15.6. The summed E-state index contributed by atoms with van der Waals surface area (Å²) >= 11 is 3.47. The van der Waals surface area contributed by atoms with Crippen LogP contribution in [0.5, 0.6) is 0 Å². The second-order valence-corrected chi connectivity index (χ2v) is 5.42. The van der Waals surface area contributed by atoms with E-state index in [9.17, 15) is 4.79 Å². The normalized spacial score (nSPS) is 11.0. The van der Waals surface area contributed by atoms with Crippen molar-refractivity contribution in [3.63, 3.8) is 0 Å². The maximum atomic E-state index is 10.9. The van der Waals surface area contributed by atoms with Gasteiger partial charge in [-0.05, 0) is 51.5 Å². The lowest BCUT2D eigenvalue weighted by Gasteiger charge is -2.18. The third-order valence-corrected chi connectivity index (χ3v) is 3.55. The average Bonchev–Trinajstić information content (AvgIpc) is 2.87. The number of carbonyl (C=O) groups is 1. The van der Waals surface area contributed by atoms with Crippen LogP contribution in [0.2, 0.25) is 0 Å². The Hall–Kier alpha value is -1.80. The second-order valence-electron chi connectivity index (χ2n) is 4.56. The molecule has 2 rings (SSSR count). The molecule has 0 bridgehead atoms. The number of aliphatic carboxylic acids is 1. The molecule has 0 saturated heterocycles. The summed E-state index contributed by atoms with van der Waals surface area (Å²) < 4.78 is 2.49. The molecule has 0 fully saturated rings. The summed E-state index contributed by atoms with van der Waals surface area (Å²) in [5, 5.41) is 20.7. The number of aromatic nitrogens is 4. The molecule has 8 heteroatoms. The third kappa shape index (κ3) is 4.08. The van der Waals surface area contributed by atoms with E-state index in [0.29, 0.717) is 18.9 Å². The summed E-state index contributed by atoms with van der Waals surface area (Å²) in [5.41, 5.74) is 0.823. The van der Waals surface area contributed by atoms with Gasteiger partial charge in [-0.2, -0.15) is 4.68 Å². The predicted octanol–water partition coefficient (Wildman–Crippen LogP) is 1.72. The molecule has 1 aromatic heterocycles. The fraction of sp³-hybridized carbons (Fsp3) is 0.385. The monoisotopic (exact) mass is 353 g/mol. The van der Waals surface area contributed by atoms with Crippen molar-refractivity contribution in [1.82, 2.24) is 25.1 Å². The molecule has 0 radical (unpaired) electrons. The number of nitrogens with zero attached hydrogens (tertiary/aromatic N) is 5. The Balaban J connectivity index is 2.23. The van der Waals surface area contributed by atoms with E-state index < -0.39 is 5.97 Å². The molecule has 1 heterocycles. The molecule has 0 aliphatic heterocycles. The van der Waals surface area contributed by atoms with Crippen LogP contribution in [-0.4, -0.2) is 49.3 Å². The topological polar surface area (TPSA) is 84.1 Å². The summed E-state index contributed by atoms with van der Waals surface area (Å²) in [6, 6.07) is 7.60. The lowest BCUT2D eigenvalue weighted by molar-refractivity contribution is -0.138. The molecule has 112 valence electrons. The highest BCUT2D eigenvalue weighted by molar-refractivity contribution is 9.10. The number of tetrazole rings is 1. The Labute approximate surface area is 130 Å². The van der Waals surface area contributed by atoms with Gasteiger partial charge in [-0.15, -0.1) is 5.10 Å². The number of hydrogen-bond donors (Lipinski definition) is 1. The van der Waals surface area contributed by atoms with Crippen LogP contribution in [-0.2, 0) is 11.3 Å². The smallest absolute Gasteiger partial charge is 0.317 e. The van der Waals surface area contributed by atoms with Crippen molar-refractivity contribution in [1.29, 1.82) is 0 Å². The van der Waals surface area contributed by atoms with E-state index in [1.54, 1.807) is 9.58 Å². The molecule has 0 saturated carbocycles. The number of benzene rings is 1. The number of halogens is 1. The Bertz CT molecular complexity index is 616. The van der Waals surface area contributed by atoms with Gasteiger partial charge in [0, 0.05) is 4.47 Å². The Morgan fingerprint density at radius 2 is 2.19 bits per heavy atom. The quantitative estimate of drug-likeness (QED) is 0.815. The van der Waals surface area contributed by atoms with Crippen LogP contribution in [0.1, 0.15) is 19.2 Å². The number of carboxylic acid groups (broad SMARTS) is 1. The summed E-state index contributed by atoms with van der Waals surface area (Å²) in [4.78, 5) is 12.7. The van der Waals surface area contributed by atoms with Crippen LogP contribution >= 0.6 is 15.9 Å². The zero-order valence-electron chi connectivity index (χ0n) is 11.6. The van der Waals surface area contributed by atoms with Gasteiger partial charge >= 0.3 is 5.97 Å². The summed E-state index contributed by atoms with van der Waals surface area (Å²) in [6.07, 6.45) is 0.865. The van der Waals surface area contributed by atoms with Crippen LogP contribution < -0.4 is 0 Å². The summed E-state index contributed by atoms with van der Waals surface area (Å²) in [7, 11) is 0. The molecule has 0 spiro atoms. The van der Waals surface area contributed by atoms with Gasteiger partial charge in [0.1, 0.15) is 0 Å². The van der Waals surface area contributed by atoms with Gasteiger partial charge < -0.3 is 5.11 Å². The van der Waals surface area contributed by atoms with Gasteiger partial charge in [0.25, 0.3) is 0 Å². The van der Waals surface area contributed by atoms with Crippen LogP contribution in [0.25, 0.3) is 5.69 Å². The Morgan fingerprint density at radius 3 is 2.86 bits per heavy atom. The van der Waals surface area contributed by atoms with Crippen molar-refractivity contribution < 1.29 is 9.90 Å². The highest BCUT2D eigenvalue weighted by Crippen LogP contribution is 2.20. The first-order valence-electron chi connectivity index (χ1n) is 6.58. The van der Waals surface area contributed by atoms with E-state index in [-0.39, 0.29) is 6.54 Å². The molecule has 1 N–H and O–H groups in total. The largest absolute Gasteiger partial charge is 0.480 e. The maximum Gasteiger partial charge on any atom is 0.317 e. The van der Waals surface area contributed by atoms with E-state index >= 15 is 0 Å². The highest BCUT2D eigenvalue weighted by atomic mass is 79.9. The van der Waals surface area contributed by atoms with Crippen molar-refractivity contribution in [2.45, 2.75) is 19.9 Å².